The van der Waals surface area contributed by atoms with E-state index in [-0.39, 0.29) is 5.91 Å². The van der Waals surface area contributed by atoms with Gasteiger partial charge in [-0.2, -0.15) is 0 Å². The molecule has 0 aromatic carbocycles. The molecule has 8 heteroatoms. The average Bonchev–Trinajstić information content (AvgIpc) is 2.72. The molecule has 1 fully saturated rings. The Labute approximate surface area is 153 Å². The zero-order valence-electron chi connectivity index (χ0n) is 15.0. The molecule has 1 saturated heterocycles. The summed E-state index contributed by atoms with van der Waals surface area (Å²) in [6.07, 6.45) is 7.71. The van der Waals surface area contributed by atoms with Gasteiger partial charge in [0.2, 0.25) is 5.95 Å². The van der Waals surface area contributed by atoms with Gasteiger partial charge >= 0.3 is 0 Å². The number of aromatic nitrogens is 3. The maximum atomic E-state index is 12.2. The fourth-order valence-corrected chi connectivity index (χ4v) is 2.86. The smallest absolute Gasteiger partial charge is 0.252 e. The molecule has 1 amide bonds. The topological polar surface area (TPSA) is 83.5 Å². The largest absolute Gasteiger partial charge is 0.385 e. The van der Waals surface area contributed by atoms with Crippen LogP contribution in [0.1, 0.15) is 16.8 Å². The first-order chi connectivity index (χ1) is 12.8. The van der Waals surface area contributed by atoms with Crippen LogP contribution in [0, 0.1) is 0 Å². The number of nitrogens with one attached hydrogen (secondary N) is 1. The zero-order chi connectivity index (χ0) is 18.2. The molecule has 0 aliphatic carbocycles. The van der Waals surface area contributed by atoms with Crippen LogP contribution in [0.15, 0.2) is 36.9 Å². The number of pyridine rings is 1. The van der Waals surface area contributed by atoms with Crippen LogP contribution in [0.2, 0.25) is 0 Å². The normalized spacial score (nSPS) is 14.3. The SMILES string of the molecule is COCCCNC(=O)c1cncc(N2CCN(c3ncccn3)CC2)c1. The quantitative estimate of drug-likeness (QED) is 0.740. The molecule has 0 radical (unpaired) electrons. The standard InChI is InChI=1S/C18H24N6O2/c1-26-11-3-6-20-17(25)15-12-16(14-19-13-15)23-7-9-24(10-8-23)18-21-4-2-5-22-18/h2,4-5,12-14H,3,6-11H2,1H3,(H,20,25). The van der Waals surface area contributed by atoms with E-state index in [2.05, 4.69) is 30.1 Å². The first kappa shape index (κ1) is 18.1. The molecule has 26 heavy (non-hydrogen) atoms. The summed E-state index contributed by atoms with van der Waals surface area (Å²) in [4.78, 5) is 29.5. The van der Waals surface area contributed by atoms with Gasteiger partial charge in [0.25, 0.3) is 5.91 Å². The molecule has 2 aromatic rings. The lowest BCUT2D eigenvalue weighted by Gasteiger charge is -2.35. The first-order valence-corrected chi connectivity index (χ1v) is 8.77. The summed E-state index contributed by atoms with van der Waals surface area (Å²) in [6, 6.07) is 3.71. The summed E-state index contributed by atoms with van der Waals surface area (Å²) in [5.74, 6) is 0.654. The van der Waals surface area contributed by atoms with Crippen molar-refractivity contribution in [2.45, 2.75) is 6.42 Å². The number of nitrogens with zero attached hydrogens (tertiary/aromatic N) is 5. The predicted octanol–water partition coefficient (Wildman–Crippen LogP) is 0.964. The van der Waals surface area contributed by atoms with Crippen LogP contribution in [0.4, 0.5) is 11.6 Å². The summed E-state index contributed by atoms with van der Waals surface area (Å²) in [5.41, 5.74) is 1.54. The van der Waals surface area contributed by atoms with Crippen LogP contribution >= 0.6 is 0 Å². The van der Waals surface area contributed by atoms with E-state index >= 15 is 0 Å². The highest BCUT2D eigenvalue weighted by Crippen LogP contribution is 2.18. The monoisotopic (exact) mass is 356 g/mol. The minimum atomic E-state index is -0.105. The molecule has 0 saturated carbocycles. The van der Waals surface area contributed by atoms with Gasteiger partial charge in [-0.3, -0.25) is 9.78 Å². The maximum absolute atomic E-state index is 12.2. The average molecular weight is 356 g/mol. The fraction of sp³-hybridized carbons (Fsp3) is 0.444. The number of ether oxygens (including phenoxy) is 1. The van der Waals surface area contributed by atoms with Gasteiger partial charge in [-0.05, 0) is 18.6 Å². The van der Waals surface area contributed by atoms with Crippen LogP contribution in [-0.2, 0) is 4.74 Å². The molecule has 1 N–H and O–H groups in total. The van der Waals surface area contributed by atoms with Crippen LogP contribution in [0.25, 0.3) is 0 Å². The van der Waals surface area contributed by atoms with E-state index in [4.69, 9.17) is 4.74 Å². The van der Waals surface area contributed by atoms with E-state index in [1.807, 2.05) is 12.1 Å². The number of anilines is 2. The number of carbonyl (C=O) groups excluding carboxylic acids is 1. The molecule has 3 heterocycles. The van der Waals surface area contributed by atoms with Crippen molar-refractivity contribution in [2.24, 2.45) is 0 Å². The highest BCUT2D eigenvalue weighted by molar-refractivity contribution is 5.94. The van der Waals surface area contributed by atoms with Gasteiger partial charge in [0, 0.05) is 65.0 Å². The summed E-state index contributed by atoms with van der Waals surface area (Å²) in [6.45, 7) is 4.55. The fourth-order valence-electron chi connectivity index (χ4n) is 2.86. The molecule has 0 unspecified atom stereocenters. The van der Waals surface area contributed by atoms with Crippen molar-refractivity contribution in [3.8, 4) is 0 Å². The Bertz CT molecular complexity index is 704. The lowest BCUT2D eigenvalue weighted by Crippen LogP contribution is -2.47. The Hall–Kier alpha value is -2.74. The summed E-state index contributed by atoms with van der Waals surface area (Å²) < 4.78 is 4.99. The van der Waals surface area contributed by atoms with Gasteiger partial charge in [0.15, 0.2) is 0 Å². The van der Waals surface area contributed by atoms with Crippen LogP contribution in [0.5, 0.6) is 0 Å². The molecule has 138 valence electrons. The minimum Gasteiger partial charge on any atom is -0.385 e. The maximum Gasteiger partial charge on any atom is 0.252 e. The Balaban J connectivity index is 1.56. The second-order valence-corrected chi connectivity index (χ2v) is 6.06. The summed E-state index contributed by atoms with van der Waals surface area (Å²) in [7, 11) is 1.65. The van der Waals surface area contributed by atoms with Crippen molar-refractivity contribution < 1.29 is 9.53 Å². The highest BCUT2D eigenvalue weighted by atomic mass is 16.5. The Kier molecular flexibility index (Phi) is 6.32. The molecule has 0 spiro atoms. The van der Waals surface area contributed by atoms with E-state index in [0.29, 0.717) is 18.7 Å². The molecule has 0 atom stereocenters. The second kappa shape index (κ2) is 9.10. The number of piperazine rings is 1. The third kappa shape index (κ3) is 4.66. The van der Waals surface area contributed by atoms with Gasteiger partial charge < -0.3 is 19.9 Å². The number of carbonyl (C=O) groups is 1. The van der Waals surface area contributed by atoms with Crippen molar-refractivity contribution in [1.82, 2.24) is 20.3 Å². The number of hydrogen-bond acceptors (Lipinski definition) is 7. The molecule has 1 aliphatic heterocycles. The van der Waals surface area contributed by atoms with E-state index in [1.165, 1.54) is 0 Å². The third-order valence-corrected chi connectivity index (χ3v) is 4.28. The van der Waals surface area contributed by atoms with Crippen molar-refractivity contribution in [3.63, 3.8) is 0 Å². The van der Waals surface area contributed by atoms with Gasteiger partial charge in [-0.15, -0.1) is 0 Å². The highest BCUT2D eigenvalue weighted by Gasteiger charge is 2.20. The van der Waals surface area contributed by atoms with Gasteiger partial charge in [0.1, 0.15) is 0 Å². The molecular formula is C18H24N6O2. The number of methoxy groups -OCH3 is 1. The van der Waals surface area contributed by atoms with Gasteiger partial charge in [0.05, 0.1) is 17.4 Å². The predicted molar refractivity (Wildman–Crippen MR) is 99.5 cm³/mol. The molecule has 0 bridgehead atoms. The third-order valence-electron chi connectivity index (χ3n) is 4.28. The molecular weight excluding hydrogens is 332 g/mol. The van der Waals surface area contributed by atoms with Crippen molar-refractivity contribution in [2.75, 3.05) is 56.2 Å². The molecule has 1 aliphatic rings. The zero-order valence-corrected chi connectivity index (χ0v) is 15.0. The Morgan fingerprint density at radius 1 is 1.15 bits per heavy atom. The van der Waals surface area contributed by atoms with Crippen LogP contribution < -0.4 is 15.1 Å². The van der Waals surface area contributed by atoms with Crippen molar-refractivity contribution >= 4 is 17.5 Å². The van der Waals surface area contributed by atoms with Crippen molar-refractivity contribution in [1.29, 1.82) is 0 Å². The molecule has 8 nitrogen and oxygen atoms in total. The lowest BCUT2D eigenvalue weighted by atomic mass is 10.2. The second-order valence-electron chi connectivity index (χ2n) is 6.06. The van der Waals surface area contributed by atoms with E-state index < -0.39 is 0 Å². The Morgan fingerprint density at radius 3 is 2.62 bits per heavy atom. The van der Waals surface area contributed by atoms with E-state index in [9.17, 15) is 4.79 Å². The summed E-state index contributed by atoms with van der Waals surface area (Å²) >= 11 is 0. The van der Waals surface area contributed by atoms with E-state index in [1.54, 1.807) is 31.9 Å². The van der Waals surface area contributed by atoms with Gasteiger partial charge in [-0.1, -0.05) is 0 Å². The van der Waals surface area contributed by atoms with Crippen LogP contribution in [-0.4, -0.2) is 67.3 Å². The minimum absolute atomic E-state index is 0.105. The number of rotatable bonds is 7. The number of hydrogen-bond donors (Lipinski definition) is 1. The lowest BCUT2D eigenvalue weighted by molar-refractivity contribution is 0.0948. The van der Waals surface area contributed by atoms with Crippen molar-refractivity contribution in [3.05, 3.63) is 42.5 Å². The Morgan fingerprint density at radius 2 is 1.88 bits per heavy atom. The first-order valence-electron chi connectivity index (χ1n) is 8.77. The van der Waals surface area contributed by atoms with Crippen LogP contribution in [0.3, 0.4) is 0 Å². The molecule has 3 rings (SSSR count). The van der Waals surface area contributed by atoms with Gasteiger partial charge in [-0.25, -0.2) is 9.97 Å². The number of amides is 1. The molecule has 2 aromatic heterocycles. The summed E-state index contributed by atoms with van der Waals surface area (Å²) in [5, 5.41) is 2.89. The van der Waals surface area contributed by atoms with E-state index in [0.717, 1.165) is 44.2 Å².